The predicted octanol–water partition coefficient (Wildman–Crippen LogP) is 2.92. The second-order valence-electron chi connectivity index (χ2n) is 4.97. The van der Waals surface area contributed by atoms with Gasteiger partial charge in [-0.25, -0.2) is 4.79 Å². The van der Waals surface area contributed by atoms with Crippen LogP contribution >= 0.6 is 15.9 Å². The Labute approximate surface area is 120 Å². The number of hydrogen-bond donors (Lipinski definition) is 2. The molecule has 1 unspecified atom stereocenters. The summed E-state index contributed by atoms with van der Waals surface area (Å²) >= 11 is 3.26. The van der Waals surface area contributed by atoms with Gasteiger partial charge in [-0.2, -0.15) is 0 Å². The molecule has 0 heterocycles. The van der Waals surface area contributed by atoms with Gasteiger partial charge in [-0.05, 0) is 44.5 Å². The molecule has 104 valence electrons. The minimum Gasteiger partial charge on any atom is -0.508 e. The second-order valence-corrected chi connectivity index (χ2v) is 5.82. The minimum atomic E-state index is -0.892. The van der Waals surface area contributed by atoms with Crippen molar-refractivity contribution in [3.63, 3.8) is 0 Å². The summed E-state index contributed by atoms with van der Waals surface area (Å²) in [6.07, 6.45) is -0.122. The van der Waals surface area contributed by atoms with E-state index in [1.165, 1.54) is 12.1 Å². The molecular weight excluding hydrogens is 314 g/mol. The quantitative estimate of drug-likeness (QED) is 0.836. The first-order chi connectivity index (χ1) is 8.73. The van der Waals surface area contributed by atoms with Crippen LogP contribution in [0.15, 0.2) is 22.7 Å². The van der Waals surface area contributed by atoms with Crippen LogP contribution in [0.1, 0.15) is 32.4 Å². The molecule has 0 radical (unpaired) electrons. The van der Waals surface area contributed by atoms with Gasteiger partial charge in [-0.15, -0.1) is 0 Å². The fourth-order valence-electron chi connectivity index (χ4n) is 1.39. The number of ether oxygens (including phenoxy) is 1. The number of amides is 1. The van der Waals surface area contributed by atoms with Gasteiger partial charge in [0, 0.05) is 4.47 Å². The van der Waals surface area contributed by atoms with Crippen molar-refractivity contribution in [2.75, 3.05) is 0 Å². The zero-order chi connectivity index (χ0) is 14.6. The third-order valence-electron chi connectivity index (χ3n) is 2.12. The van der Waals surface area contributed by atoms with Crippen LogP contribution in [0.4, 0.5) is 4.79 Å². The Morgan fingerprint density at radius 3 is 2.63 bits per heavy atom. The number of carbonyl (C=O) groups excluding carboxylic acids is 2. The Balaban J connectivity index is 2.87. The lowest BCUT2D eigenvalue weighted by atomic mass is 10.1. The maximum absolute atomic E-state index is 11.6. The minimum absolute atomic E-state index is 0.0102. The van der Waals surface area contributed by atoms with E-state index in [9.17, 15) is 14.7 Å². The molecule has 1 rings (SSSR count). The van der Waals surface area contributed by atoms with Crippen molar-refractivity contribution in [2.24, 2.45) is 0 Å². The molecule has 0 aromatic heterocycles. The third kappa shape index (κ3) is 4.90. The summed E-state index contributed by atoms with van der Waals surface area (Å²) in [5, 5.41) is 11.9. The lowest BCUT2D eigenvalue weighted by molar-refractivity contribution is -0.109. The molecule has 1 atom stereocenters. The van der Waals surface area contributed by atoms with Crippen LogP contribution in [0.5, 0.6) is 5.75 Å². The summed E-state index contributed by atoms with van der Waals surface area (Å²) in [5.41, 5.74) is -0.186. The standard InChI is InChI=1S/C13H16BrNO4/c1-13(2,3)19-12(18)15-11(7-16)9-6-8(17)4-5-10(9)14/h4-7,11,17H,1-3H3,(H,15,18). The van der Waals surface area contributed by atoms with Crippen LogP contribution in [0, 0.1) is 0 Å². The number of aromatic hydroxyl groups is 1. The van der Waals surface area contributed by atoms with Crippen molar-refractivity contribution >= 4 is 28.3 Å². The molecule has 0 saturated heterocycles. The number of halogens is 1. The summed E-state index contributed by atoms with van der Waals surface area (Å²) in [5.74, 6) is 0.0102. The summed E-state index contributed by atoms with van der Waals surface area (Å²) in [4.78, 5) is 22.7. The number of hydrogen-bond acceptors (Lipinski definition) is 4. The maximum atomic E-state index is 11.6. The summed E-state index contributed by atoms with van der Waals surface area (Å²) < 4.78 is 5.68. The van der Waals surface area contributed by atoms with Gasteiger partial charge >= 0.3 is 6.09 Å². The van der Waals surface area contributed by atoms with E-state index in [4.69, 9.17) is 4.74 Å². The highest BCUT2D eigenvalue weighted by Gasteiger charge is 2.21. The summed E-state index contributed by atoms with van der Waals surface area (Å²) in [7, 11) is 0. The van der Waals surface area contributed by atoms with Crippen molar-refractivity contribution in [3.05, 3.63) is 28.2 Å². The average Bonchev–Trinajstić information content (AvgIpc) is 2.27. The van der Waals surface area contributed by atoms with Crippen LogP contribution in [0.3, 0.4) is 0 Å². The number of alkyl carbamates (subject to hydrolysis) is 1. The number of rotatable bonds is 3. The fourth-order valence-corrected chi connectivity index (χ4v) is 1.88. The molecular formula is C13H16BrNO4. The molecule has 0 aliphatic carbocycles. The van der Waals surface area contributed by atoms with E-state index in [0.717, 1.165) is 0 Å². The van der Waals surface area contributed by atoms with Gasteiger partial charge in [0.15, 0.2) is 0 Å². The molecule has 19 heavy (non-hydrogen) atoms. The molecule has 0 bridgehead atoms. The van der Waals surface area contributed by atoms with E-state index >= 15 is 0 Å². The lowest BCUT2D eigenvalue weighted by Crippen LogP contribution is -2.35. The van der Waals surface area contributed by atoms with E-state index in [1.54, 1.807) is 26.8 Å². The molecule has 1 aromatic rings. The average molecular weight is 330 g/mol. The Hall–Kier alpha value is -1.56. The van der Waals surface area contributed by atoms with Crippen molar-refractivity contribution < 1.29 is 19.4 Å². The SMILES string of the molecule is CC(C)(C)OC(=O)NC(C=O)c1cc(O)ccc1Br. The van der Waals surface area contributed by atoms with Gasteiger partial charge < -0.3 is 20.0 Å². The van der Waals surface area contributed by atoms with Crippen LogP contribution in [-0.4, -0.2) is 23.1 Å². The van der Waals surface area contributed by atoms with E-state index in [0.29, 0.717) is 16.3 Å². The zero-order valence-corrected chi connectivity index (χ0v) is 12.5. The highest BCUT2D eigenvalue weighted by Crippen LogP contribution is 2.26. The second kappa shape index (κ2) is 6.06. The van der Waals surface area contributed by atoms with Crippen LogP contribution in [-0.2, 0) is 9.53 Å². The van der Waals surface area contributed by atoms with Crippen LogP contribution in [0.2, 0.25) is 0 Å². The molecule has 1 aromatic carbocycles. The first-order valence-electron chi connectivity index (χ1n) is 5.66. The summed E-state index contributed by atoms with van der Waals surface area (Å²) in [6.45, 7) is 5.19. The highest BCUT2D eigenvalue weighted by molar-refractivity contribution is 9.10. The molecule has 0 saturated carbocycles. The number of phenols is 1. The number of phenolic OH excluding ortho intramolecular Hbond substituents is 1. The number of benzene rings is 1. The maximum Gasteiger partial charge on any atom is 0.408 e. The predicted molar refractivity (Wildman–Crippen MR) is 74.0 cm³/mol. The van der Waals surface area contributed by atoms with Gasteiger partial charge in [0.05, 0.1) is 0 Å². The van der Waals surface area contributed by atoms with Crippen molar-refractivity contribution in [2.45, 2.75) is 32.4 Å². The van der Waals surface area contributed by atoms with Crippen LogP contribution < -0.4 is 5.32 Å². The Kier molecular flexibility index (Phi) is 4.94. The van der Waals surface area contributed by atoms with Crippen molar-refractivity contribution in [3.8, 4) is 5.75 Å². The molecule has 0 fully saturated rings. The topological polar surface area (TPSA) is 75.6 Å². The van der Waals surface area contributed by atoms with Gasteiger partial charge in [-0.3, -0.25) is 0 Å². The van der Waals surface area contributed by atoms with Crippen molar-refractivity contribution in [1.82, 2.24) is 5.32 Å². The number of aldehydes is 1. The molecule has 0 aliphatic heterocycles. The van der Waals surface area contributed by atoms with Crippen LogP contribution in [0.25, 0.3) is 0 Å². The van der Waals surface area contributed by atoms with E-state index in [-0.39, 0.29) is 5.75 Å². The van der Waals surface area contributed by atoms with E-state index < -0.39 is 17.7 Å². The van der Waals surface area contributed by atoms with Gasteiger partial charge in [0.1, 0.15) is 23.7 Å². The first-order valence-corrected chi connectivity index (χ1v) is 6.45. The third-order valence-corrected chi connectivity index (χ3v) is 2.85. The Morgan fingerprint density at radius 1 is 1.47 bits per heavy atom. The molecule has 1 amide bonds. The van der Waals surface area contributed by atoms with Gasteiger partial charge in [-0.1, -0.05) is 15.9 Å². The highest BCUT2D eigenvalue weighted by atomic mass is 79.9. The smallest absolute Gasteiger partial charge is 0.408 e. The van der Waals surface area contributed by atoms with E-state index in [1.807, 2.05) is 0 Å². The Bertz CT molecular complexity index is 482. The van der Waals surface area contributed by atoms with Gasteiger partial charge in [0.25, 0.3) is 0 Å². The Morgan fingerprint density at radius 2 is 2.11 bits per heavy atom. The largest absolute Gasteiger partial charge is 0.508 e. The lowest BCUT2D eigenvalue weighted by Gasteiger charge is -2.22. The molecule has 0 aliphatic rings. The summed E-state index contributed by atoms with van der Waals surface area (Å²) in [6, 6.07) is 3.58. The van der Waals surface area contributed by atoms with E-state index in [2.05, 4.69) is 21.2 Å². The molecule has 2 N–H and O–H groups in total. The molecule has 5 nitrogen and oxygen atoms in total. The van der Waals surface area contributed by atoms with Gasteiger partial charge in [0.2, 0.25) is 0 Å². The fraction of sp³-hybridized carbons (Fsp3) is 0.385. The zero-order valence-electron chi connectivity index (χ0n) is 10.9. The first kappa shape index (κ1) is 15.5. The molecule has 0 spiro atoms. The molecule has 6 heteroatoms. The monoisotopic (exact) mass is 329 g/mol. The van der Waals surface area contributed by atoms with Crippen molar-refractivity contribution in [1.29, 1.82) is 0 Å². The normalized spacial score (nSPS) is 12.6. The number of nitrogens with one attached hydrogen (secondary N) is 1. The number of carbonyl (C=O) groups is 2.